The van der Waals surface area contributed by atoms with E-state index in [0.717, 1.165) is 0 Å². The van der Waals surface area contributed by atoms with E-state index in [0.29, 0.717) is 17.8 Å². The Kier molecular flexibility index (Phi) is 7.86. The molecule has 1 unspecified atom stereocenters. The molecular formula is C28H40N6O7. The van der Waals surface area contributed by atoms with Crippen LogP contribution in [0.5, 0.6) is 5.75 Å². The second kappa shape index (κ2) is 10.6. The van der Waals surface area contributed by atoms with Crippen molar-refractivity contribution in [2.24, 2.45) is 23.5 Å². The third kappa shape index (κ3) is 4.72. The van der Waals surface area contributed by atoms with Crippen molar-refractivity contribution < 1.29 is 35.1 Å². The van der Waals surface area contributed by atoms with Gasteiger partial charge in [0.25, 0.3) is 0 Å². The monoisotopic (exact) mass is 572 g/mol. The van der Waals surface area contributed by atoms with Gasteiger partial charge in [-0.2, -0.15) is 0 Å². The lowest BCUT2D eigenvalue weighted by Gasteiger charge is -2.50. The van der Waals surface area contributed by atoms with E-state index in [2.05, 4.69) is 10.6 Å². The first-order chi connectivity index (χ1) is 19.0. The van der Waals surface area contributed by atoms with Crippen molar-refractivity contribution in [1.82, 2.24) is 10.2 Å². The molecule has 1 aromatic carbocycles. The number of nitrogens with one attached hydrogen (secondary N) is 3. The number of Topliss-reactive ketones (excluding diaryl/α,β-unsaturated/α-hetero) is 2. The van der Waals surface area contributed by atoms with Crippen LogP contribution >= 0.6 is 0 Å². The molecule has 0 bridgehead atoms. The van der Waals surface area contributed by atoms with Crippen LogP contribution in [0.25, 0.3) is 0 Å². The maximum absolute atomic E-state index is 14.1. The smallest absolute Gasteiger partial charge is 0.205 e. The molecule has 4 rings (SSSR count). The van der Waals surface area contributed by atoms with Gasteiger partial charge in [-0.3, -0.25) is 19.9 Å². The quantitative estimate of drug-likeness (QED) is 0.0990. The molecule has 10 N–H and O–H groups in total. The van der Waals surface area contributed by atoms with Crippen molar-refractivity contribution in [2.75, 3.05) is 45.0 Å². The fourth-order valence-electron chi connectivity index (χ4n) is 6.35. The molecule has 13 nitrogen and oxygen atoms in total. The number of carbonyl (C=O) groups excluding carboxylic acids is 2. The van der Waals surface area contributed by atoms with E-state index in [-0.39, 0.29) is 41.5 Å². The first kappa shape index (κ1) is 30.3. The summed E-state index contributed by atoms with van der Waals surface area (Å²) in [4.78, 5) is 30.9. The number of hydrogen-bond acceptors (Lipinski definition) is 11. The SMILES string of the molecule is CC(C)CNC(=N)Nc1cc(N(C)C)c2c(c1O)C(=O)C1=C(O)[C@]3(O)C(=O)C(C(N)O)=C(O)[C@@H](N(C)C)[C@@H]3C[C@@H]1C2. The lowest BCUT2D eigenvalue weighted by Crippen LogP contribution is -2.64. The number of allylic oxidation sites excluding steroid dienone is 1. The van der Waals surface area contributed by atoms with Crippen LogP contribution in [0.4, 0.5) is 11.4 Å². The molecule has 3 aliphatic rings. The molecule has 0 radical (unpaired) electrons. The number of hydrogen-bond donors (Lipinski definition) is 9. The highest BCUT2D eigenvalue weighted by atomic mass is 16.4. The van der Waals surface area contributed by atoms with Crippen LogP contribution in [0.3, 0.4) is 0 Å². The Labute approximate surface area is 238 Å². The summed E-state index contributed by atoms with van der Waals surface area (Å²) < 4.78 is 0. The van der Waals surface area contributed by atoms with E-state index in [4.69, 9.17) is 11.1 Å². The maximum atomic E-state index is 14.1. The predicted octanol–water partition coefficient (Wildman–Crippen LogP) is 0.571. The number of rotatable bonds is 6. The highest BCUT2D eigenvalue weighted by molar-refractivity contribution is 6.17. The molecule has 0 spiro atoms. The van der Waals surface area contributed by atoms with Crippen molar-refractivity contribution in [3.63, 3.8) is 0 Å². The molecule has 13 heteroatoms. The minimum atomic E-state index is -2.64. The zero-order valence-corrected chi connectivity index (χ0v) is 24.1. The summed E-state index contributed by atoms with van der Waals surface area (Å²) in [6.45, 7) is 4.46. The highest BCUT2D eigenvalue weighted by Gasteiger charge is 2.63. The van der Waals surface area contributed by atoms with Gasteiger partial charge in [-0.25, -0.2) is 0 Å². The van der Waals surface area contributed by atoms with Crippen molar-refractivity contribution in [1.29, 1.82) is 5.41 Å². The summed E-state index contributed by atoms with van der Waals surface area (Å²) in [5, 5.41) is 69.5. The number of ketones is 2. The zero-order valence-electron chi connectivity index (χ0n) is 24.1. The molecule has 0 fully saturated rings. The van der Waals surface area contributed by atoms with E-state index in [1.807, 2.05) is 13.8 Å². The number of phenolic OH excluding ortho intramolecular Hbond substituents is 1. The molecule has 41 heavy (non-hydrogen) atoms. The van der Waals surface area contributed by atoms with E-state index >= 15 is 0 Å². The summed E-state index contributed by atoms with van der Waals surface area (Å²) in [6.07, 6.45) is -1.72. The molecule has 1 aromatic rings. The van der Waals surface area contributed by atoms with Gasteiger partial charge in [-0.1, -0.05) is 13.8 Å². The van der Waals surface area contributed by atoms with Crippen LogP contribution in [0, 0.1) is 23.2 Å². The number of aromatic hydroxyl groups is 1. The second-order valence-electron chi connectivity index (χ2n) is 11.9. The number of aliphatic hydroxyl groups excluding tert-OH is 3. The van der Waals surface area contributed by atoms with Crippen LogP contribution in [0.1, 0.15) is 36.2 Å². The van der Waals surface area contributed by atoms with Crippen LogP contribution in [0.15, 0.2) is 28.7 Å². The van der Waals surface area contributed by atoms with Crippen LogP contribution < -0.4 is 21.3 Å². The number of phenols is 1. The Hall–Kier alpha value is -3.65. The Morgan fingerprint density at radius 1 is 1.20 bits per heavy atom. The first-order valence-corrected chi connectivity index (χ1v) is 13.5. The molecule has 0 saturated carbocycles. The fraction of sp³-hybridized carbons (Fsp3) is 0.536. The number of aliphatic hydroxyl groups is 4. The van der Waals surface area contributed by atoms with E-state index in [1.165, 1.54) is 0 Å². The average Bonchev–Trinajstić information content (AvgIpc) is 2.85. The Morgan fingerprint density at radius 3 is 2.37 bits per heavy atom. The van der Waals surface area contributed by atoms with Crippen molar-refractivity contribution in [2.45, 2.75) is 44.6 Å². The predicted molar refractivity (Wildman–Crippen MR) is 153 cm³/mol. The molecule has 0 amide bonds. The van der Waals surface area contributed by atoms with Gasteiger partial charge in [-0.15, -0.1) is 0 Å². The fourth-order valence-corrected chi connectivity index (χ4v) is 6.35. The number of fused-ring (bicyclic) bond motifs is 3. The molecule has 0 aromatic heterocycles. The highest BCUT2D eigenvalue weighted by Crippen LogP contribution is 2.54. The van der Waals surface area contributed by atoms with E-state index in [1.54, 1.807) is 44.1 Å². The van der Waals surface area contributed by atoms with Gasteiger partial charge in [0.15, 0.2) is 23.1 Å². The Balaban J connectivity index is 1.89. The lowest BCUT2D eigenvalue weighted by atomic mass is 9.58. The summed E-state index contributed by atoms with van der Waals surface area (Å²) in [5.74, 6) is -5.33. The molecule has 0 heterocycles. The molecule has 0 saturated heterocycles. The molecular weight excluding hydrogens is 532 g/mol. The molecule has 0 aliphatic heterocycles. The van der Waals surface area contributed by atoms with Crippen LogP contribution in [-0.4, -0.2) is 101 Å². The normalized spacial score (nSPS) is 26.6. The second-order valence-corrected chi connectivity index (χ2v) is 11.9. The number of nitrogens with zero attached hydrogens (tertiary/aromatic N) is 2. The number of anilines is 2. The number of benzene rings is 1. The van der Waals surface area contributed by atoms with E-state index in [9.17, 15) is 35.1 Å². The molecule has 224 valence electrons. The van der Waals surface area contributed by atoms with E-state index < -0.39 is 64.1 Å². The van der Waals surface area contributed by atoms with Gasteiger partial charge in [-0.05, 0) is 50.4 Å². The van der Waals surface area contributed by atoms with Crippen molar-refractivity contribution in [3.8, 4) is 5.75 Å². The number of guanidine groups is 1. The summed E-state index contributed by atoms with van der Waals surface area (Å²) in [7, 11) is 6.77. The van der Waals surface area contributed by atoms with Crippen LogP contribution in [-0.2, 0) is 11.2 Å². The third-order valence-electron chi connectivity index (χ3n) is 8.21. The van der Waals surface area contributed by atoms with Crippen molar-refractivity contribution in [3.05, 3.63) is 39.9 Å². The third-order valence-corrected chi connectivity index (χ3v) is 8.21. The standard InChI is InChI=1S/C28H40N6O7/c1-11(2)10-31-27(30)32-15-9-16(33(3)4)13-7-12-8-14-20(34(5)6)23(37)19(26(29)40)25(39)28(14,41)24(38)17(12)22(36)18(13)21(15)35/h9,11-12,14,20,26,35,37-38,40-41H,7-8,10,29H2,1-6H3,(H3,30,31,32)/t12-,14-,20-,26?,28-/m0/s1. The zero-order chi connectivity index (χ0) is 30.7. The van der Waals surface area contributed by atoms with Gasteiger partial charge in [0.1, 0.15) is 17.7 Å². The molecule has 5 atom stereocenters. The average molecular weight is 573 g/mol. The van der Waals surface area contributed by atoms with Crippen LogP contribution in [0.2, 0.25) is 0 Å². The number of likely N-dealkylation sites (N-methyl/N-ethyl adjacent to an activating group) is 1. The minimum Gasteiger partial charge on any atom is -0.510 e. The summed E-state index contributed by atoms with van der Waals surface area (Å²) >= 11 is 0. The largest absolute Gasteiger partial charge is 0.510 e. The number of nitrogens with two attached hydrogens (primary N) is 1. The van der Waals surface area contributed by atoms with Gasteiger partial charge in [0.2, 0.25) is 5.78 Å². The Bertz CT molecular complexity index is 1370. The maximum Gasteiger partial charge on any atom is 0.205 e. The first-order valence-electron chi connectivity index (χ1n) is 13.5. The minimum absolute atomic E-state index is 0.0328. The van der Waals surface area contributed by atoms with Gasteiger partial charge < -0.3 is 46.8 Å². The van der Waals surface area contributed by atoms with Gasteiger partial charge >= 0.3 is 0 Å². The van der Waals surface area contributed by atoms with Gasteiger partial charge in [0.05, 0.1) is 22.9 Å². The number of carbonyl (C=O) groups is 2. The van der Waals surface area contributed by atoms with Crippen molar-refractivity contribution >= 4 is 28.9 Å². The summed E-state index contributed by atoms with van der Waals surface area (Å²) in [6, 6.07) is 0.639. The topological polar surface area (TPSA) is 216 Å². The molecule has 3 aliphatic carbocycles. The Morgan fingerprint density at radius 2 is 1.83 bits per heavy atom. The van der Waals surface area contributed by atoms with Gasteiger partial charge in [0, 0.05) is 37.8 Å². The lowest BCUT2D eigenvalue weighted by molar-refractivity contribution is -0.148. The summed E-state index contributed by atoms with van der Waals surface area (Å²) in [5.41, 5.74) is 3.16.